The van der Waals surface area contributed by atoms with Crippen LogP contribution in [0.1, 0.15) is 51.4 Å². The highest BCUT2D eigenvalue weighted by atomic mass is 16.2. The Hall–Kier alpha value is -0.570. The van der Waals surface area contributed by atoms with Gasteiger partial charge < -0.3 is 10.6 Å². The normalized spacial score (nSPS) is 29.8. The van der Waals surface area contributed by atoms with E-state index in [1.165, 1.54) is 38.5 Å². The van der Waals surface area contributed by atoms with Crippen LogP contribution in [0.2, 0.25) is 0 Å². The van der Waals surface area contributed by atoms with Crippen molar-refractivity contribution in [2.45, 2.75) is 57.4 Å². The Morgan fingerprint density at radius 3 is 2.47 bits per heavy atom. The molecule has 2 fully saturated rings. The molecular weight excluding hydrogens is 212 g/mol. The summed E-state index contributed by atoms with van der Waals surface area (Å²) < 4.78 is 0. The minimum atomic E-state index is 0.347. The Kier molecular flexibility index (Phi) is 4.43. The molecule has 2 aliphatic rings. The van der Waals surface area contributed by atoms with E-state index in [9.17, 15) is 4.79 Å². The average Bonchev–Trinajstić information content (AvgIpc) is 2.32. The number of carbonyl (C=O) groups excluding carboxylic acids is 1. The molecule has 3 heteroatoms. The van der Waals surface area contributed by atoms with Crippen molar-refractivity contribution in [1.29, 1.82) is 0 Å². The molecule has 3 nitrogen and oxygen atoms in total. The van der Waals surface area contributed by atoms with Gasteiger partial charge in [0, 0.05) is 19.5 Å². The lowest BCUT2D eigenvalue weighted by atomic mass is 9.81. The van der Waals surface area contributed by atoms with Gasteiger partial charge in [-0.05, 0) is 44.1 Å². The minimum absolute atomic E-state index is 0.347. The highest BCUT2D eigenvalue weighted by molar-refractivity contribution is 5.76. The summed E-state index contributed by atoms with van der Waals surface area (Å²) in [5, 5.41) is 0. The van der Waals surface area contributed by atoms with Crippen molar-refractivity contribution in [3.63, 3.8) is 0 Å². The summed E-state index contributed by atoms with van der Waals surface area (Å²) in [5.74, 6) is 1.55. The molecule has 2 rings (SSSR count). The molecule has 0 aromatic heterocycles. The van der Waals surface area contributed by atoms with Crippen LogP contribution in [0.15, 0.2) is 0 Å². The van der Waals surface area contributed by atoms with Crippen LogP contribution in [0.5, 0.6) is 0 Å². The van der Waals surface area contributed by atoms with E-state index in [0.29, 0.717) is 23.8 Å². The lowest BCUT2D eigenvalue weighted by Gasteiger charge is -2.38. The first-order chi connectivity index (χ1) is 8.22. The lowest BCUT2D eigenvalue weighted by molar-refractivity contribution is -0.135. The van der Waals surface area contributed by atoms with Crippen molar-refractivity contribution in [3.05, 3.63) is 0 Å². The first-order valence-corrected chi connectivity index (χ1v) is 7.18. The van der Waals surface area contributed by atoms with Crippen LogP contribution in [0.4, 0.5) is 0 Å². The Labute approximate surface area is 105 Å². The second-order valence-corrected chi connectivity index (χ2v) is 5.85. The summed E-state index contributed by atoms with van der Waals surface area (Å²) in [7, 11) is 1.99. The summed E-state index contributed by atoms with van der Waals surface area (Å²) in [6, 6.07) is 0.404. The van der Waals surface area contributed by atoms with Crippen molar-refractivity contribution in [1.82, 2.24) is 4.90 Å². The number of carbonyl (C=O) groups is 1. The predicted octanol–water partition coefficient (Wildman–Crippen LogP) is 2.15. The fraction of sp³-hybridized carbons (Fsp3) is 0.929. The molecular formula is C14H26N2O. The molecule has 0 saturated heterocycles. The van der Waals surface area contributed by atoms with E-state index >= 15 is 0 Å². The third-order valence-electron chi connectivity index (χ3n) is 4.75. The SMILES string of the molecule is CN(C(=O)CC1CCC1)C1CCCCC1CN. The highest BCUT2D eigenvalue weighted by Gasteiger charge is 2.31. The van der Waals surface area contributed by atoms with Gasteiger partial charge >= 0.3 is 0 Å². The van der Waals surface area contributed by atoms with E-state index in [1.807, 2.05) is 11.9 Å². The second-order valence-electron chi connectivity index (χ2n) is 5.85. The number of amides is 1. The third-order valence-corrected chi connectivity index (χ3v) is 4.75. The first kappa shape index (κ1) is 12.9. The van der Waals surface area contributed by atoms with Gasteiger partial charge in [0.2, 0.25) is 5.91 Å². The predicted molar refractivity (Wildman–Crippen MR) is 69.5 cm³/mol. The number of nitrogens with zero attached hydrogens (tertiary/aromatic N) is 1. The van der Waals surface area contributed by atoms with Gasteiger partial charge in [0.25, 0.3) is 0 Å². The molecule has 17 heavy (non-hydrogen) atoms. The van der Waals surface area contributed by atoms with Crippen molar-refractivity contribution >= 4 is 5.91 Å². The molecule has 0 bridgehead atoms. The minimum Gasteiger partial charge on any atom is -0.342 e. The summed E-state index contributed by atoms with van der Waals surface area (Å²) in [6.45, 7) is 0.728. The first-order valence-electron chi connectivity index (χ1n) is 7.18. The van der Waals surface area contributed by atoms with E-state index in [-0.39, 0.29) is 0 Å². The van der Waals surface area contributed by atoms with E-state index in [0.717, 1.165) is 19.4 Å². The Morgan fingerprint density at radius 2 is 1.88 bits per heavy atom. The number of nitrogens with two attached hydrogens (primary N) is 1. The zero-order valence-corrected chi connectivity index (χ0v) is 11.0. The van der Waals surface area contributed by atoms with Crippen molar-refractivity contribution in [2.24, 2.45) is 17.6 Å². The molecule has 0 radical (unpaired) electrons. The van der Waals surface area contributed by atoms with E-state index in [2.05, 4.69) is 0 Å². The highest BCUT2D eigenvalue weighted by Crippen LogP contribution is 2.32. The maximum atomic E-state index is 12.2. The molecule has 0 spiro atoms. The van der Waals surface area contributed by atoms with Crippen molar-refractivity contribution in [2.75, 3.05) is 13.6 Å². The summed E-state index contributed by atoms with van der Waals surface area (Å²) in [6.07, 6.45) is 9.47. The zero-order valence-electron chi connectivity index (χ0n) is 11.0. The number of hydrogen-bond donors (Lipinski definition) is 1. The largest absolute Gasteiger partial charge is 0.342 e. The molecule has 0 aromatic rings. The van der Waals surface area contributed by atoms with Crippen LogP contribution in [-0.4, -0.2) is 30.4 Å². The van der Waals surface area contributed by atoms with Gasteiger partial charge in [-0.2, -0.15) is 0 Å². The molecule has 0 aliphatic heterocycles. The monoisotopic (exact) mass is 238 g/mol. The summed E-state index contributed by atoms with van der Waals surface area (Å²) >= 11 is 0. The third kappa shape index (κ3) is 3.01. The fourth-order valence-corrected chi connectivity index (χ4v) is 3.25. The topological polar surface area (TPSA) is 46.3 Å². The van der Waals surface area contributed by atoms with Gasteiger partial charge in [0.05, 0.1) is 0 Å². The maximum absolute atomic E-state index is 12.2. The van der Waals surface area contributed by atoms with Crippen LogP contribution < -0.4 is 5.73 Å². The molecule has 2 aliphatic carbocycles. The second kappa shape index (κ2) is 5.85. The number of rotatable bonds is 4. The molecule has 0 aromatic carbocycles. The van der Waals surface area contributed by atoms with Crippen LogP contribution >= 0.6 is 0 Å². The van der Waals surface area contributed by atoms with E-state index in [4.69, 9.17) is 5.73 Å². The maximum Gasteiger partial charge on any atom is 0.222 e. The summed E-state index contributed by atoms with van der Waals surface area (Å²) in [4.78, 5) is 14.2. The van der Waals surface area contributed by atoms with Crippen LogP contribution in [0.3, 0.4) is 0 Å². The quantitative estimate of drug-likeness (QED) is 0.815. The fourth-order valence-electron chi connectivity index (χ4n) is 3.25. The Balaban J connectivity index is 1.87. The van der Waals surface area contributed by atoms with E-state index in [1.54, 1.807) is 0 Å². The number of hydrogen-bond acceptors (Lipinski definition) is 2. The average molecular weight is 238 g/mol. The molecule has 2 atom stereocenters. The molecule has 0 heterocycles. The summed E-state index contributed by atoms with van der Waals surface area (Å²) in [5.41, 5.74) is 5.83. The standard InChI is InChI=1S/C14H26N2O/c1-16(14(17)9-11-5-4-6-11)13-8-3-2-7-12(13)10-15/h11-13H,2-10,15H2,1H3. The van der Waals surface area contributed by atoms with Crippen LogP contribution in [-0.2, 0) is 4.79 Å². The van der Waals surface area contributed by atoms with Crippen LogP contribution in [0.25, 0.3) is 0 Å². The Bertz CT molecular complexity index is 263. The molecule has 2 saturated carbocycles. The van der Waals surface area contributed by atoms with Gasteiger partial charge in [0.1, 0.15) is 0 Å². The van der Waals surface area contributed by atoms with Crippen molar-refractivity contribution < 1.29 is 4.79 Å². The molecule has 2 N–H and O–H groups in total. The smallest absolute Gasteiger partial charge is 0.222 e. The van der Waals surface area contributed by atoms with Gasteiger partial charge in [-0.3, -0.25) is 4.79 Å². The van der Waals surface area contributed by atoms with Gasteiger partial charge in [-0.15, -0.1) is 0 Å². The van der Waals surface area contributed by atoms with Crippen LogP contribution in [0, 0.1) is 11.8 Å². The Morgan fingerprint density at radius 1 is 1.18 bits per heavy atom. The molecule has 1 amide bonds. The zero-order chi connectivity index (χ0) is 12.3. The lowest BCUT2D eigenvalue weighted by Crippen LogP contribution is -2.46. The van der Waals surface area contributed by atoms with Gasteiger partial charge in [0.15, 0.2) is 0 Å². The molecule has 98 valence electrons. The van der Waals surface area contributed by atoms with Crippen molar-refractivity contribution in [3.8, 4) is 0 Å². The molecule has 2 unspecified atom stereocenters. The van der Waals surface area contributed by atoms with E-state index < -0.39 is 0 Å². The van der Waals surface area contributed by atoms with Gasteiger partial charge in [-0.25, -0.2) is 0 Å². The van der Waals surface area contributed by atoms with Gasteiger partial charge in [-0.1, -0.05) is 19.3 Å².